The zero-order chi connectivity index (χ0) is 16.0. The molecule has 0 unspecified atom stereocenters. The Morgan fingerprint density at radius 2 is 1.95 bits per heavy atom. The maximum absolute atomic E-state index is 13.3. The van der Waals surface area contributed by atoms with Gasteiger partial charge in [-0.2, -0.15) is 0 Å². The molecule has 112 valence electrons. The van der Waals surface area contributed by atoms with Crippen molar-refractivity contribution >= 4 is 30.2 Å². The van der Waals surface area contributed by atoms with Crippen LogP contribution in [-0.4, -0.2) is 43.3 Å². The summed E-state index contributed by atoms with van der Waals surface area (Å²) in [4.78, 5) is 22.7. The lowest BCUT2D eigenvalue weighted by molar-refractivity contribution is -0.138. The van der Waals surface area contributed by atoms with Gasteiger partial charge >= 0.3 is 19.1 Å². The number of carbonyl (C=O) groups is 2. The van der Waals surface area contributed by atoms with Gasteiger partial charge in [0.25, 0.3) is 0 Å². The van der Waals surface area contributed by atoms with Crippen LogP contribution in [0.2, 0.25) is 0 Å². The van der Waals surface area contributed by atoms with Gasteiger partial charge in [0, 0.05) is 11.2 Å². The molecule has 0 aliphatic rings. The van der Waals surface area contributed by atoms with Crippen LogP contribution in [0.3, 0.4) is 0 Å². The van der Waals surface area contributed by atoms with Crippen molar-refractivity contribution in [3.05, 3.63) is 35.8 Å². The molecule has 0 aliphatic heterocycles. The quantitative estimate of drug-likeness (QED) is 0.369. The molecule has 1 aromatic carbocycles. The molecule has 0 radical (unpaired) electrons. The van der Waals surface area contributed by atoms with Gasteiger partial charge in [-0.05, 0) is 18.2 Å². The first-order valence-electron chi connectivity index (χ1n) is 5.69. The van der Waals surface area contributed by atoms with Gasteiger partial charge in [-0.1, -0.05) is 0 Å². The van der Waals surface area contributed by atoms with Crippen molar-refractivity contribution in [1.29, 1.82) is 0 Å². The van der Waals surface area contributed by atoms with Gasteiger partial charge in [-0.3, -0.25) is 0 Å². The van der Waals surface area contributed by atoms with E-state index in [2.05, 4.69) is 14.8 Å². The number of rotatable bonds is 5. The molecule has 0 saturated carbocycles. The van der Waals surface area contributed by atoms with Gasteiger partial charge in [-0.15, -0.1) is 0 Å². The van der Waals surface area contributed by atoms with Crippen LogP contribution in [-0.2, 0) is 19.1 Å². The van der Waals surface area contributed by atoms with E-state index in [4.69, 9.17) is 10.0 Å². The third-order valence-electron chi connectivity index (χ3n) is 2.42. The Kier molecular flexibility index (Phi) is 5.88. The van der Waals surface area contributed by atoms with Crippen LogP contribution in [0.25, 0.3) is 0 Å². The molecule has 0 saturated heterocycles. The Morgan fingerprint density at radius 3 is 2.48 bits per heavy atom. The van der Waals surface area contributed by atoms with Crippen LogP contribution in [0.15, 0.2) is 30.0 Å². The van der Waals surface area contributed by atoms with E-state index in [9.17, 15) is 14.0 Å². The molecular weight excluding hydrogens is 284 g/mol. The van der Waals surface area contributed by atoms with Crippen LogP contribution in [0.4, 0.5) is 10.1 Å². The van der Waals surface area contributed by atoms with E-state index in [1.54, 1.807) is 0 Å². The van der Waals surface area contributed by atoms with Crippen molar-refractivity contribution in [2.24, 2.45) is 0 Å². The zero-order valence-electron chi connectivity index (χ0n) is 11.3. The summed E-state index contributed by atoms with van der Waals surface area (Å²) < 4.78 is 22.2. The molecule has 0 aliphatic carbocycles. The predicted molar refractivity (Wildman–Crippen MR) is 72.0 cm³/mol. The number of benzene rings is 1. The van der Waals surface area contributed by atoms with Crippen molar-refractivity contribution in [2.75, 3.05) is 19.5 Å². The topological polar surface area (TPSA) is 105 Å². The van der Waals surface area contributed by atoms with Crippen LogP contribution in [0.1, 0.15) is 0 Å². The molecule has 9 heteroatoms. The summed E-state index contributed by atoms with van der Waals surface area (Å²) in [5.74, 6) is -2.48. The highest BCUT2D eigenvalue weighted by molar-refractivity contribution is 6.58. The molecule has 7 nitrogen and oxygen atoms in total. The highest BCUT2D eigenvalue weighted by Crippen LogP contribution is 2.11. The third-order valence-corrected chi connectivity index (χ3v) is 2.42. The number of hydrogen-bond acceptors (Lipinski definition) is 7. The fourth-order valence-electron chi connectivity index (χ4n) is 1.41. The summed E-state index contributed by atoms with van der Waals surface area (Å²) in [6.07, 6.45) is 0.851. The van der Waals surface area contributed by atoms with Gasteiger partial charge in [-0.25, -0.2) is 14.0 Å². The molecule has 0 heterocycles. The second-order valence-electron chi connectivity index (χ2n) is 3.81. The van der Waals surface area contributed by atoms with Crippen LogP contribution in [0, 0.1) is 5.82 Å². The maximum Gasteiger partial charge on any atom is 0.491 e. The van der Waals surface area contributed by atoms with Crippen LogP contribution >= 0.6 is 0 Å². The predicted octanol–water partition coefficient (Wildman–Crippen LogP) is -0.853. The van der Waals surface area contributed by atoms with Crippen LogP contribution in [0.5, 0.6) is 0 Å². The summed E-state index contributed by atoms with van der Waals surface area (Å²) in [5, 5.41) is 20.5. The molecule has 0 bridgehead atoms. The zero-order valence-corrected chi connectivity index (χ0v) is 11.3. The SMILES string of the molecule is COC(=O)/C=C(/Nc1ccc(F)c(B(O)O)c1)C(=O)OC. The number of methoxy groups -OCH3 is 2. The van der Waals surface area contributed by atoms with Crippen molar-refractivity contribution < 1.29 is 33.5 Å². The number of esters is 2. The molecular formula is C12H13BFNO6. The van der Waals surface area contributed by atoms with Crippen molar-refractivity contribution in [2.45, 2.75) is 0 Å². The van der Waals surface area contributed by atoms with E-state index in [-0.39, 0.29) is 16.8 Å². The van der Waals surface area contributed by atoms with Gasteiger partial charge in [0.15, 0.2) is 0 Å². The average molecular weight is 297 g/mol. The number of nitrogens with one attached hydrogen (secondary N) is 1. The Hall–Kier alpha value is -2.39. The molecule has 0 fully saturated rings. The molecule has 1 aromatic rings. The molecule has 0 atom stereocenters. The Morgan fingerprint density at radius 1 is 1.29 bits per heavy atom. The normalized spacial score (nSPS) is 10.8. The lowest BCUT2D eigenvalue weighted by Crippen LogP contribution is -2.33. The summed E-state index contributed by atoms with van der Waals surface area (Å²) in [5.41, 5.74) is -0.489. The summed E-state index contributed by atoms with van der Waals surface area (Å²) in [6, 6.07) is 3.30. The standard InChI is InChI=1S/C12H13BFNO6/c1-20-11(16)6-10(12(17)21-2)15-7-3-4-9(14)8(5-7)13(18)19/h3-6,15,18-19H,1-2H3/b10-6+. The van der Waals surface area contributed by atoms with E-state index in [0.717, 1.165) is 32.4 Å². The number of ether oxygens (including phenoxy) is 2. The highest BCUT2D eigenvalue weighted by Gasteiger charge is 2.18. The van der Waals surface area contributed by atoms with E-state index in [0.29, 0.717) is 0 Å². The first-order valence-corrected chi connectivity index (χ1v) is 5.69. The van der Waals surface area contributed by atoms with Gasteiger partial charge in [0.05, 0.1) is 20.3 Å². The first kappa shape index (κ1) is 16.7. The Balaban J connectivity index is 3.09. The van der Waals surface area contributed by atoms with E-state index in [1.165, 1.54) is 6.07 Å². The number of hydrogen-bond donors (Lipinski definition) is 3. The molecule has 0 aromatic heterocycles. The third kappa shape index (κ3) is 4.58. The van der Waals surface area contributed by atoms with Crippen molar-refractivity contribution in [3.8, 4) is 0 Å². The minimum atomic E-state index is -2.02. The monoisotopic (exact) mass is 297 g/mol. The summed E-state index contributed by atoms with van der Waals surface area (Å²) in [6.45, 7) is 0. The molecule has 0 amide bonds. The maximum atomic E-state index is 13.3. The van der Waals surface area contributed by atoms with Gasteiger partial charge in [0.1, 0.15) is 11.5 Å². The summed E-state index contributed by atoms with van der Waals surface area (Å²) >= 11 is 0. The lowest BCUT2D eigenvalue weighted by Gasteiger charge is -2.11. The van der Waals surface area contributed by atoms with Crippen LogP contribution < -0.4 is 10.8 Å². The lowest BCUT2D eigenvalue weighted by atomic mass is 9.79. The molecule has 1 rings (SSSR count). The second-order valence-corrected chi connectivity index (χ2v) is 3.81. The minimum absolute atomic E-state index is 0.153. The molecule has 21 heavy (non-hydrogen) atoms. The Labute approximate surface area is 120 Å². The fourth-order valence-corrected chi connectivity index (χ4v) is 1.41. The van der Waals surface area contributed by atoms with E-state index >= 15 is 0 Å². The second kappa shape index (κ2) is 7.41. The molecule has 0 spiro atoms. The Bertz CT molecular complexity index is 575. The minimum Gasteiger partial charge on any atom is -0.466 e. The highest BCUT2D eigenvalue weighted by atomic mass is 19.1. The first-order chi connectivity index (χ1) is 9.88. The number of halogens is 1. The van der Waals surface area contributed by atoms with E-state index < -0.39 is 24.9 Å². The largest absolute Gasteiger partial charge is 0.491 e. The number of carbonyl (C=O) groups excluding carboxylic acids is 2. The molecule has 3 N–H and O–H groups in total. The summed E-state index contributed by atoms with van der Waals surface area (Å²) in [7, 11) is 0.229. The fraction of sp³-hybridized carbons (Fsp3) is 0.167. The smallest absolute Gasteiger partial charge is 0.466 e. The van der Waals surface area contributed by atoms with Gasteiger partial charge in [0.2, 0.25) is 0 Å². The van der Waals surface area contributed by atoms with Gasteiger partial charge < -0.3 is 24.8 Å². The van der Waals surface area contributed by atoms with Crippen molar-refractivity contribution in [3.63, 3.8) is 0 Å². The number of anilines is 1. The average Bonchev–Trinajstić information content (AvgIpc) is 2.46. The van der Waals surface area contributed by atoms with E-state index in [1.807, 2.05) is 0 Å². The van der Waals surface area contributed by atoms with Crippen molar-refractivity contribution in [1.82, 2.24) is 0 Å².